The Balaban J connectivity index is 1.68. The van der Waals surface area contributed by atoms with Crippen LogP contribution in [0, 0.1) is 0 Å². The van der Waals surface area contributed by atoms with E-state index in [1.165, 1.54) is 11.1 Å². The first-order valence-electron chi connectivity index (χ1n) is 10.7. The molecule has 0 spiro atoms. The van der Waals surface area contributed by atoms with Gasteiger partial charge in [0.1, 0.15) is 5.82 Å². The third kappa shape index (κ3) is 3.05. The number of aryl methyl sites for hydroxylation is 1. The molecule has 4 aromatic heterocycles. The van der Waals surface area contributed by atoms with Crippen molar-refractivity contribution < 1.29 is 4.74 Å². The van der Waals surface area contributed by atoms with Crippen LogP contribution in [-0.4, -0.2) is 36.4 Å². The molecule has 6 rings (SSSR count). The maximum atomic E-state index is 6.28. The zero-order valence-corrected chi connectivity index (χ0v) is 18.0. The zero-order chi connectivity index (χ0) is 22.5. The van der Waals surface area contributed by atoms with Crippen LogP contribution in [0.2, 0.25) is 0 Å². The summed E-state index contributed by atoms with van der Waals surface area (Å²) >= 11 is 0. The Morgan fingerprint density at radius 1 is 1.09 bits per heavy atom. The molecule has 1 aliphatic carbocycles. The van der Waals surface area contributed by atoms with Gasteiger partial charge in [0.05, 0.1) is 12.7 Å². The molecule has 0 radical (unpaired) electrons. The van der Waals surface area contributed by atoms with Gasteiger partial charge < -0.3 is 16.2 Å². The average molecular weight is 438 g/mol. The number of nitrogens with zero attached hydrogens (tertiary/aromatic N) is 6. The molecular weight excluding hydrogens is 416 g/mol. The lowest BCUT2D eigenvalue weighted by Crippen LogP contribution is -2.06. The SMILES string of the molecule is COc1cc(-n2cccn2)nc2c1nc(-c1cccnc1N)n2-c1ccc2c(c1)CC[C@@H]2N. The van der Waals surface area contributed by atoms with Gasteiger partial charge >= 0.3 is 0 Å². The topological polar surface area (TPSA) is 123 Å². The Hall–Kier alpha value is -4.24. The first kappa shape index (κ1) is 19.4. The van der Waals surface area contributed by atoms with Crippen molar-refractivity contribution in [1.82, 2.24) is 29.3 Å². The number of methoxy groups -OCH3 is 1. The predicted molar refractivity (Wildman–Crippen MR) is 125 cm³/mol. The van der Waals surface area contributed by atoms with E-state index in [1.54, 1.807) is 24.2 Å². The van der Waals surface area contributed by atoms with Crippen LogP contribution >= 0.6 is 0 Å². The molecule has 0 saturated heterocycles. The Morgan fingerprint density at radius 2 is 2.00 bits per heavy atom. The van der Waals surface area contributed by atoms with Gasteiger partial charge in [0.25, 0.3) is 0 Å². The molecule has 0 bridgehead atoms. The summed E-state index contributed by atoms with van der Waals surface area (Å²) in [5.74, 6) is 2.25. The van der Waals surface area contributed by atoms with E-state index in [1.807, 2.05) is 35.0 Å². The van der Waals surface area contributed by atoms with E-state index in [0.717, 1.165) is 24.1 Å². The standard InChI is InChI=1S/C24H22N8O/c1-33-19-13-20(31-11-3-10-28-31)29-24-21(19)30-23(17-4-2-9-27-22(17)26)32(24)15-6-7-16-14(12-15)5-8-18(16)25/h2-4,6-7,9-13,18H,5,8,25H2,1H3,(H2,26,27)/t18-/m0/s1. The highest BCUT2D eigenvalue weighted by atomic mass is 16.5. The van der Waals surface area contributed by atoms with E-state index in [4.69, 9.17) is 26.2 Å². The molecule has 0 amide bonds. The van der Waals surface area contributed by atoms with Gasteiger partial charge in [0, 0.05) is 36.4 Å². The maximum Gasteiger partial charge on any atom is 0.171 e. The number of imidazole rings is 1. The fourth-order valence-electron chi connectivity index (χ4n) is 4.49. The summed E-state index contributed by atoms with van der Waals surface area (Å²) < 4.78 is 9.40. The molecule has 1 aromatic carbocycles. The Kier molecular flexibility index (Phi) is 4.37. The summed E-state index contributed by atoms with van der Waals surface area (Å²) in [5, 5.41) is 4.33. The largest absolute Gasteiger partial charge is 0.494 e. The minimum atomic E-state index is 0.0756. The smallest absolute Gasteiger partial charge is 0.171 e. The third-order valence-corrected chi connectivity index (χ3v) is 6.11. The zero-order valence-electron chi connectivity index (χ0n) is 18.0. The van der Waals surface area contributed by atoms with E-state index in [2.05, 4.69) is 28.3 Å². The maximum absolute atomic E-state index is 6.28. The Labute approximate surface area is 189 Å². The summed E-state index contributed by atoms with van der Waals surface area (Å²) in [6, 6.07) is 13.8. The first-order valence-corrected chi connectivity index (χ1v) is 10.7. The number of ether oxygens (including phenoxy) is 1. The number of anilines is 1. The molecule has 4 N–H and O–H groups in total. The number of nitrogens with two attached hydrogens (primary N) is 2. The van der Waals surface area contributed by atoms with Crippen molar-refractivity contribution in [2.75, 3.05) is 12.8 Å². The van der Waals surface area contributed by atoms with Gasteiger partial charge in [-0.15, -0.1) is 0 Å². The van der Waals surface area contributed by atoms with Crippen molar-refractivity contribution in [2.24, 2.45) is 5.73 Å². The molecule has 0 saturated carbocycles. The van der Waals surface area contributed by atoms with Crippen molar-refractivity contribution >= 4 is 17.0 Å². The van der Waals surface area contributed by atoms with E-state index in [0.29, 0.717) is 34.4 Å². The monoisotopic (exact) mass is 438 g/mol. The van der Waals surface area contributed by atoms with Gasteiger partial charge in [0.2, 0.25) is 0 Å². The van der Waals surface area contributed by atoms with Gasteiger partial charge in [-0.1, -0.05) is 6.07 Å². The number of pyridine rings is 2. The second-order valence-corrected chi connectivity index (χ2v) is 8.04. The van der Waals surface area contributed by atoms with Crippen molar-refractivity contribution in [3.8, 4) is 28.6 Å². The average Bonchev–Trinajstić information content (AvgIpc) is 3.57. The van der Waals surface area contributed by atoms with Crippen LogP contribution in [0.1, 0.15) is 23.6 Å². The van der Waals surface area contributed by atoms with Crippen molar-refractivity contribution in [3.05, 3.63) is 72.2 Å². The highest BCUT2D eigenvalue weighted by Crippen LogP contribution is 2.37. The van der Waals surface area contributed by atoms with E-state index < -0.39 is 0 Å². The Bertz CT molecular complexity index is 1490. The number of benzene rings is 1. The van der Waals surface area contributed by atoms with Crippen LogP contribution in [0.3, 0.4) is 0 Å². The molecule has 33 heavy (non-hydrogen) atoms. The fraction of sp³-hybridized carbons (Fsp3) is 0.167. The molecule has 0 fully saturated rings. The highest BCUT2D eigenvalue weighted by molar-refractivity contribution is 5.87. The molecule has 164 valence electrons. The van der Waals surface area contributed by atoms with Gasteiger partial charge in [-0.2, -0.15) is 5.10 Å². The molecule has 9 heteroatoms. The first-order chi connectivity index (χ1) is 16.1. The van der Waals surface area contributed by atoms with Crippen LogP contribution in [0.5, 0.6) is 5.75 Å². The number of rotatable bonds is 4. The Morgan fingerprint density at radius 3 is 2.79 bits per heavy atom. The van der Waals surface area contributed by atoms with Gasteiger partial charge in [-0.05, 0) is 54.3 Å². The quantitative estimate of drug-likeness (QED) is 0.442. The molecule has 1 atom stereocenters. The number of fused-ring (bicyclic) bond motifs is 2. The fourth-order valence-corrected chi connectivity index (χ4v) is 4.49. The minimum absolute atomic E-state index is 0.0756. The predicted octanol–water partition coefficient (Wildman–Crippen LogP) is 3.21. The highest BCUT2D eigenvalue weighted by Gasteiger charge is 2.24. The molecule has 1 aliphatic rings. The number of hydrogen-bond acceptors (Lipinski definition) is 7. The van der Waals surface area contributed by atoms with E-state index in [9.17, 15) is 0 Å². The number of nitrogen functional groups attached to an aromatic ring is 1. The van der Waals surface area contributed by atoms with Crippen LogP contribution in [-0.2, 0) is 6.42 Å². The van der Waals surface area contributed by atoms with Crippen molar-refractivity contribution in [3.63, 3.8) is 0 Å². The summed E-state index contributed by atoms with van der Waals surface area (Å²) in [4.78, 5) is 14.1. The van der Waals surface area contributed by atoms with Gasteiger partial charge in [0.15, 0.2) is 28.6 Å². The summed E-state index contributed by atoms with van der Waals surface area (Å²) in [6.45, 7) is 0. The van der Waals surface area contributed by atoms with E-state index >= 15 is 0 Å². The molecule has 4 heterocycles. The number of hydrogen-bond donors (Lipinski definition) is 2. The van der Waals surface area contributed by atoms with Crippen LogP contribution < -0.4 is 16.2 Å². The van der Waals surface area contributed by atoms with Crippen LogP contribution in [0.15, 0.2) is 61.1 Å². The van der Waals surface area contributed by atoms with Gasteiger partial charge in [-0.25, -0.2) is 19.6 Å². The van der Waals surface area contributed by atoms with Crippen molar-refractivity contribution in [2.45, 2.75) is 18.9 Å². The second kappa shape index (κ2) is 7.42. The summed E-state index contributed by atoms with van der Waals surface area (Å²) in [6.07, 6.45) is 7.10. The summed E-state index contributed by atoms with van der Waals surface area (Å²) in [5.41, 5.74) is 17.9. The van der Waals surface area contributed by atoms with Crippen molar-refractivity contribution in [1.29, 1.82) is 0 Å². The molecular formula is C24H22N8O. The lowest BCUT2D eigenvalue weighted by molar-refractivity contribution is 0.418. The minimum Gasteiger partial charge on any atom is -0.494 e. The van der Waals surface area contributed by atoms with Crippen LogP contribution in [0.25, 0.3) is 34.1 Å². The second-order valence-electron chi connectivity index (χ2n) is 8.04. The summed E-state index contributed by atoms with van der Waals surface area (Å²) in [7, 11) is 1.62. The van der Waals surface area contributed by atoms with E-state index in [-0.39, 0.29) is 6.04 Å². The normalized spacial score (nSPS) is 15.2. The molecule has 9 nitrogen and oxygen atoms in total. The third-order valence-electron chi connectivity index (χ3n) is 6.11. The molecule has 0 unspecified atom stereocenters. The number of aromatic nitrogens is 6. The van der Waals surface area contributed by atoms with Crippen LogP contribution in [0.4, 0.5) is 5.82 Å². The van der Waals surface area contributed by atoms with Gasteiger partial charge in [-0.3, -0.25) is 4.57 Å². The lowest BCUT2D eigenvalue weighted by atomic mass is 10.1. The molecule has 0 aliphatic heterocycles. The molecule has 5 aromatic rings. The lowest BCUT2D eigenvalue weighted by Gasteiger charge is -2.13.